The summed E-state index contributed by atoms with van der Waals surface area (Å²) in [5.41, 5.74) is 2.19. The molecule has 3 fully saturated rings. The summed E-state index contributed by atoms with van der Waals surface area (Å²) in [5.74, 6) is -0.0221. The van der Waals surface area contributed by atoms with Gasteiger partial charge in [0.2, 0.25) is 5.91 Å². The summed E-state index contributed by atoms with van der Waals surface area (Å²) >= 11 is 0. The van der Waals surface area contributed by atoms with Crippen molar-refractivity contribution >= 4 is 23.4 Å². The zero-order valence-electron chi connectivity index (χ0n) is 23.4. The Kier molecular flexibility index (Phi) is 8.69. The highest BCUT2D eigenvalue weighted by atomic mass is 19.1. The molecular formula is C31H39FN4O4. The van der Waals surface area contributed by atoms with Crippen molar-refractivity contribution in [2.75, 3.05) is 38.0 Å². The molecule has 2 aromatic carbocycles. The Morgan fingerprint density at radius 3 is 2.48 bits per heavy atom. The molecule has 2 atom stereocenters. The van der Waals surface area contributed by atoms with Crippen LogP contribution in [0, 0.1) is 5.82 Å². The number of benzene rings is 2. The SMILES string of the molecule is CC(=O)Nc1cc(F)cc(C(=O)N2CCN(C(=O)c3ccc(O[C@H]4CCNC4)c(C4CCCCC4)c3)C(C)C2)c1. The van der Waals surface area contributed by atoms with Crippen LogP contribution in [0.3, 0.4) is 0 Å². The number of rotatable bonds is 6. The number of hydrogen-bond donors (Lipinski definition) is 2. The molecule has 0 radical (unpaired) electrons. The molecule has 9 heteroatoms. The quantitative estimate of drug-likeness (QED) is 0.551. The van der Waals surface area contributed by atoms with Gasteiger partial charge in [0.25, 0.3) is 11.8 Å². The Hall–Kier alpha value is -3.46. The van der Waals surface area contributed by atoms with Crippen LogP contribution in [0.2, 0.25) is 0 Å². The molecule has 2 N–H and O–H groups in total. The summed E-state index contributed by atoms with van der Waals surface area (Å²) in [6.45, 7) is 6.12. The Balaban J connectivity index is 1.30. The number of halogens is 1. The molecule has 214 valence electrons. The monoisotopic (exact) mass is 550 g/mol. The number of anilines is 1. The Morgan fingerprint density at radius 1 is 0.975 bits per heavy atom. The van der Waals surface area contributed by atoms with Gasteiger partial charge in [0.05, 0.1) is 0 Å². The van der Waals surface area contributed by atoms with Crippen molar-refractivity contribution in [3.8, 4) is 5.75 Å². The summed E-state index contributed by atoms with van der Waals surface area (Å²) in [5, 5.41) is 5.88. The normalized spacial score (nSPS) is 21.8. The summed E-state index contributed by atoms with van der Waals surface area (Å²) in [7, 11) is 0. The summed E-state index contributed by atoms with van der Waals surface area (Å²) in [4.78, 5) is 41.8. The van der Waals surface area contributed by atoms with Gasteiger partial charge in [-0.1, -0.05) is 19.3 Å². The first-order valence-electron chi connectivity index (χ1n) is 14.5. The smallest absolute Gasteiger partial charge is 0.254 e. The Labute approximate surface area is 235 Å². The Bertz CT molecular complexity index is 1260. The van der Waals surface area contributed by atoms with Gasteiger partial charge in [0.1, 0.15) is 17.7 Å². The predicted octanol–water partition coefficient (Wildman–Crippen LogP) is 4.56. The van der Waals surface area contributed by atoms with Crippen LogP contribution in [0.1, 0.15) is 84.6 Å². The van der Waals surface area contributed by atoms with E-state index in [9.17, 15) is 18.8 Å². The van der Waals surface area contributed by atoms with Gasteiger partial charge in [-0.05, 0) is 80.6 Å². The molecule has 2 aliphatic heterocycles. The third kappa shape index (κ3) is 6.46. The molecule has 0 spiro atoms. The van der Waals surface area contributed by atoms with Gasteiger partial charge in [0, 0.05) is 56.0 Å². The molecule has 1 unspecified atom stereocenters. The van der Waals surface area contributed by atoms with Crippen LogP contribution in [0.25, 0.3) is 0 Å². The molecule has 40 heavy (non-hydrogen) atoms. The first kappa shape index (κ1) is 28.1. The molecule has 1 aliphatic carbocycles. The maximum atomic E-state index is 14.2. The molecular weight excluding hydrogens is 511 g/mol. The van der Waals surface area contributed by atoms with Crippen molar-refractivity contribution in [2.45, 2.75) is 70.4 Å². The van der Waals surface area contributed by atoms with E-state index in [1.165, 1.54) is 44.4 Å². The van der Waals surface area contributed by atoms with E-state index in [4.69, 9.17) is 4.74 Å². The molecule has 3 amide bonds. The van der Waals surface area contributed by atoms with E-state index >= 15 is 0 Å². The van der Waals surface area contributed by atoms with Gasteiger partial charge in [0.15, 0.2) is 0 Å². The van der Waals surface area contributed by atoms with E-state index in [1.807, 2.05) is 30.0 Å². The predicted molar refractivity (Wildman–Crippen MR) is 151 cm³/mol. The molecule has 2 heterocycles. The summed E-state index contributed by atoms with van der Waals surface area (Å²) in [6.07, 6.45) is 6.99. The lowest BCUT2D eigenvalue weighted by atomic mass is 9.83. The van der Waals surface area contributed by atoms with Crippen molar-refractivity contribution in [3.05, 3.63) is 58.9 Å². The van der Waals surface area contributed by atoms with Crippen LogP contribution in [-0.2, 0) is 4.79 Å². The maximum Gasteiger partial charge on any atom is 0.254 e. The van der Waals surface area contributed by atoms with Gasteiger partial charge < -0.3 is 25.2 Å². The number of carbonyl (C=O) groups excluding carboxylic acids is 3. The van der Waals surface area contributed by atoms with Crippen LogP contribution in [0.4, 0.5) is 10.1 Å². The number of amides is 3. The van der Waals surface area contributed by atoms with Gasteiger partial charge in [-0.3, -0.25) is 14.4 Å². The minimum absolute atomic E-state index is 0.0514. The lowest BCUT2D eigenvalue weighted by molar-refractivity contribution is -0.114. The number of piperazine rings is 1. The van der Waals surface area contributed by atoms with Gasteiger partial charge in [-0.25, -0.2) is 4.39 Å². The fourth-order valence-electron chi connectivity index (χ4n) is 6.21. The van der Waals surface area contributed by atoms with E-state index < -0.39 is 5.82 Å². The van der Waals surface area contributed by atoms with E-state index in [-0.39, 0.29) is 41.1 Å². The number of carbonyl (C=O) groups is 3. The number of nitrogens with zero attached hydrogens (tertiary/aromatic N) is 2. The molecule has 0 aromatic heterocycles. The first-order chi connectivity index (χ1) is 19.3. The van der Waals surface area contributed by atoms with Crippen molar-refractivity contribution in [1.29, 1.82) is 0 Å². The third-order valence-electron chi connectivity index (χ3n) is 8.25. The second-order valence-electron chi connectivity index (χ2n) is 11.3. The highest BCUT2D eigenvalue weighted by Crippen LogP contribution is 2.39. The van der Waals surface area contributed by atoms with Crippen molar-refractivity contribution < 1.29 is 23.5 Å². The summed E-state index contributed by atoms with van der Waals surface area (Å²) < 4.78 is 20.6. The van der Waals surface area contributed by atoms with E-state index in [0.717, 1.165) is 43.7 Å². The zero-order chi connectivity index (χ0) is 28.2. The van der Waals surface area contributed by atoms with Gasteiger partial charge in [-0.15, -0.1) is 0 Å². The lowest BCUT2D eigenvalue weighted by Crippen LogP contribution is -2.55. The fourth-order valence-corrected chi connectivity index (χ4v) is 6.21. The molecule has 1 saturated carbocycles. The van der Waals surface area contributed by atoms with E-state index in [0.29, 0.717) is 31.1 Å². The second-order valence-corrected chi connectivity index (χ2v) is 11.3. The van der Waals surface area contributed by atoms with Crippen molar-refractivity contribution in [2.24, 2.45) is 0 Å². The molecule has 8 nitrogen and oxygen atoms in total. The first-order valence-corrected chi connectivity index (χ1v) is 14.5. The topological polar surface area (TPSA) is 91.0 Å². The maximum absolute atomic E-state index is 14.2. The summed E-state index contributed by atoms with van der Waals surface area (Å²) in [6, 6.07) is 9.49. The highest BCUT2D eigenvalue weighted by molar-refractivity contribution is 5.98. The van der Waals surface area contributed by atoms with Gasteiger partial charge in [-0.2, -0.15) is 0 Å². The van der Waals surface area contributed by atoms with Gasteiger partial charge >= 0.3 is 0 Å². The standard InChI is InChI=1S/C31H39FN4O4/c1-20-19-35(30(38)24-14-25(32)17-26(15-24)34-21(2)37)12-13-36(20)31(39)23-8-9-29(40-27-10-11-33-18-27)28(16-23)22-6-4-3-5-7-22/h8-9,14-17,20,22,27,33H,3-7,10-13,18-19H2,1-2H3,(H,34,37)/t20?,27-/m0/s1. The zero-order valence-corrected chi connectivity index (χ0v) is 23.4. The minimum atomic E-state index is -0.596. The number of ether oxygens (including phenoxy) is 1. The van der Waals surface area contributed by atoms with E-state index in [1.54, 1.807) is 4.90 Å². The average molecular weight is 551 g/mol. The molecule has 2 saturated heterocycles. The van der Waals surface area contributed by atoms with E-state index in [2.05, 4.69) is 10.6 Å². The fraction of sp³-hybridized carbons (Fsp3) is 0.516. The molecule has 0 bridgehead atoms. The van der Waals surface area contributed by atoms with Crippen LogP contribution in [-0.4, -0.2) is 72.4 Å². The van der Waals surface area contributed by atoms with Crippen molar-refractivity contribution in [1.82, 2.24) is 15.1 Å². The number of hydrogen-bond acceptors (Lipinski definition) is 5. The van der Waals surface area contributed by atoms with Crippen LogP contribution in [0.5, 0.6) is 5.75 Å². The van der Waals surface area contributed by atoms with Crippen LogP contribution in [0.15, 0.2) is 36.4 Å². The van der Waals surface area contributed by atoms with Crippen molar-refractivity contribution in [3.63, 3.8) is 0 Å². The highest BCUT2D eigenvalue weighted by Gasteiger charge is 2.32. The third-order valence-corrected chi connectivity index (χ3v) is 8.25. The van der Waals surface area contributed by atoms with Crippen LogP contribution < -0.4 is 15.4 Å². The van der Waals surface area contributed by atoms with Crippen LogP contribution >= 0.6 is 0 Å². The molecule has 3 aliphatic rings. The lowest BCUT2D eigenvalue weighted by Gasteiger charge is -2.40. The second kappa shape index (κ2) is 12.4. The number of nitrogens with one attached hydrogen (secondary N) is 2. The largest absolute Gasteiger partial charge is 0.489 e. The molecule has 5 rings (SSSR count). The average Bonchev–Trinajstić information content (AvgIpc) is 3.45. The Morgan fingerprint density at radius 2 is 1.77 bits per heavy atom. The molecule has 2 aromatic rings. The minimum Gasteiger partial charge on any atom is -0.489 e.